The summed E-state index contributed by atoms with van der Waals surface area (Å²) in [6, 6.07) is 14.3. The lowest BCUT2D eigenvalue weighted by Gasteiger charge is -2.15. The molecule has 0 aliphatic carbocycles. The molecular formula is C26H25BrN4O6. The van der Waals surface area contributed by atoms with Gasteiger partial charge in [0.05, 0.1) is 22.2 Å². The maximum Gasteiger partial charge on any atom is 0.271 e. The number of carbonyl (C=O) groups excluding carboxylic acids is 2. The fraction of sp³-hybridized carbons (Fsp3) is 0.192. The average molecular weight is 569 g/mol. The Morgan fingerprint density at radius 3 is 2.46 bits per heavy atom. The summed E-state index contributed by atoms with van der Waals surface area (Å²) in [5.41, 5.74) is 5.84. The van der Waals surface area contributed by atoms with Crippen molar-refractivity contribution in [2.75, 3.05) is 18.5 Å². The van der Waals surface area contributed by atoms with Crippen molar-refractivity contribution >= 4 is 45.3 Å². The van der Waals surface area contributed by atoms with Gasteiger partial charge in [-0.25, -0.2) is 5.43 Å². The van der Waals surface area contributed by atoms with E-state index in [0.717, 1.165) is 11.1 Å². The van der Waals surface area contributed by atoms with Crippen molar-refractivity contribution in [2.24, 2.45) is 5.10 Å². The van der Waals surface area contributed by atoms with Gasteiger partial charge in [-0.1, -0.05) is 17.7 Å². The molecule has 0 aromatic heterocycles. The molecule has 0 saturated heterocycles. The van der Waals surface area contributed by atoms with E-state index in [1.165, 1.54) is 30.5 Å². The van der Waals surface area contributed by atoms with E-state index in [0.29, 0.717) is 33.8 Å². The Bertz CT molecular complexity index is 1340. The van der Waals surface area contributed by atoms with Crippen LogP contribution in [-0.2, 0) is 4.79 Å². The first kappa shape index (κ1) is 27.3. The zero-order chi connectivity index (χ0) is 26.9. The van der Waals surface area contributed by atoms with Gasteiger partial charge in [-0.3, -0.25) is 19.7 Å². The number of carbonyl (C=O) groups is 2. The number of aryl methyl sites for hydroxylation is 2. The number of ether oxygens (including phenoxy) is 2. The summed E-state index contributed by atoms with van der Waals surface area (Å²) in [6.45, 7) is 5.84. The van der Waals surface area contributed by atoms with E-state index in [-0.39, 0.29) is 23.8 Å². The molecule has 3 rings (SSSR count). The third-order valence-electron chi connectivity index (χ3n) is 5.06. The quantitative estimate of drug-likeness (QED) is 0.197. The van der Waals surface area contributed by atoms with Gasteiger partial charge >= 0.3 is 0 Å². The fourth-order valence-electron chi connectivity index (χ4n) is 3.31. The van der Waals surface area contributed by atoms with E-state index in [9.17, 15) is 19.7 Å². The Labute approximate surface area is 222 Å². The predicted molar refractivity (Wildman–Crippen MR) is 144 cm³/mol. The van der Waals surface area contributed by atoms with Crippen LogP contribution in [0.5, 0.6) is 11.5 Å². The van der Waals surface area contributed by atoms with E-state index in [1.807, 2.05) is 39.0 Å². The zero-order valence-corrected chi connectivity index (χ0v) is 22.0. The molecule has 0 spiro atoms. The minimum Gasteiger partial charge on any atom is -0.490 e. The lowest BCUT2D eigenvalue weighted by Crippen LogP contribution is -2.21. The topological polar surface area (TPSA) is 132 Å². The van der Waals surface area contributed by atoms with Crippen molar-refractivity contribution in [1.82, 2.24) is 5.43 Å². The first-order valence-electron chi connectivity index (χ1n) is 11.2. The Morgan fingerprint density at radius 1 is 1.08 bits per heavy atom. The molecule has 0 atom stereocenters. The van der Waals surface area contributed by atoms with E-state index < -0.39 is 10.8 Å². The molecule has 0 radical (unpaired) electrons. The molecule has 0 aliphatic rings. The van der Waals surface area contributed by atoms with Crippen molar-refractivity contribution in [3.63, 3.8) is 0 Å². The van der Waals surface area contributed by atoms with Crippen LogP contribution in [0.25, 0.3) is 0 Å². The third kappa shape index (κ3) is 7.61. The molecule has 2 amide bonds. The molecule has 0 bridgehead atoms. The molecule has 11 heteroatoms. The summed E-state index contributed by atoms with van der Waals surface area (Å²) in [5.74, 6) is -0.102. The average Bonchev–Trinajstić information content (AvgIpc) is 2.85. The predicted octanol–water partition coefficient (Wildman–Crippen LogP) is 5.15. The van der Waals surface area contributed by atoms with E-state index in [1.54, 1.807) is 12.1 Å². The standard InChI is InChI=1S/C26H25BrN4O6/c1-4-36-23-13-18(14-28-30-26(33)19-6-8-20(9-7-19)31(34)35)12-21(27)25(23)37-15-24(32)29-22-10-5-16(2)11-17(22)3/h5-14H,4,15H2,1-3H3,(H,29,32)(H,30,33)/b28-14+. The number of nitrogens with one attached hydrogen (secondary N) is 2. The number of amides is 2. The maximum absolute atomic E-state index is 12.5. The van der Waals surface area contributed by atoms with Crippen LogP contribution in [0.3, 0.4) is 0 Å². The molecule has 3 aromatic rings. The van der Waals surface area contributed by atoms with Crippen molar-refractivity contribution in [3.8, 4) is 11.5 Å². The summed E-state index contributed by atoms with van der Waals surface area (Å²) < 4.78 is 12.0. The van der Waals surface area contributed by atoms with Crippen LogP contribution in [0.2, 0.25) is 0 Å². The highest BCUT2D eigenvalue weighted by Gasteiger charge is 2.15. The number of anilines is 1. The second kappa shape index (κ2) is 12.6. The van der Waals surface area contributed by atoms with Crippen molar-refractivity contribution in [3.05, 3.63) is 91.4 Å². The van der Waals surface area contributed by atoms with Crippen molar-refractivity contribution in [1.29, 1.82) is 0 Å². The minimum atomic E-state index is -0.543. The van der Waals surface area contributed by atoms with Gasteiger partial charge < -0.3 is 14.8 Å². The van der Waals surface area contributed by atoms with E-state index >= 15 is 0 Å². The largest absolute Gasteiger partial charge is 0.490 e. The van der Waals surface area contributed by atoms with Crippen molar-refractivity contribution < 1.29 is 24.0 Å². The first-order chi connectivity index (χ1) is 17.7. The Morgan fingerprint density at radius 2 is 1.81 bits per heavy atom. The van der Waals surface area contributed by atoms with Gasteiger partial charge in [0, 0.05) is 23.4 Å². The van der Waals surface area contributed by atoms with Gasteiger partial charge in [-0.2, -0.15) is 5.10 Å². The highest BCUT2D eigenvalue weighted by atomic mass is 79.9. The molecule has 3 aromatic carbocycles. The van der Waals surface area contributed by atoms with Crippen molar-refractivity contribution in [2.45, 2.75) is 20.8 Å². The Balaban J connectivity index is 1.66. The van der Waals surface area contributed by atoms with Crippen LogP contribution in [0.4, 0.5) is 11.4 Å². The lowest BCUT2D eigenvalue weighted by molar-refractivity contribution is -0.384. The summed E-state index contributed by atoms with van der Waals surface area (Å²) in [4.78, 5) is 34.9. The van der Waals surface area contributed by atoms with Crippen LogP contribution in [0.1, 0.15) is 34.0 Å². The fourth-order valence-corrected chi connectivity index (χ4v) is 3.88. The summed E-state index contributed by atoms with van der Waals surface area (Å²) in [5, 5.41) is 17.5. The molecule has 0 saturated carbocycles. The summed E-state index contributed by atoms with van der Waals surface area (Å²) in [6.07, 6.45) is 1.41. The maximum atomic E-state index is 12.5. The lowest BCUT2D eigenvalue weighted by atomic mass is 10.1. The second-order valence-electron chi connectivity index (χ2n) is 7.92. The minimum absolute atomic E-state index is 0.113. The monoisotopic (exact) mass is 568 g/mol. The number of halogens is 1. The number of hydrogen-bond acceptors (Lipinski definition) is 7. The number of non-ortho nitro benzene ring substituents is 1. The van der Waals surface area contributed by atoms with Gasteiger partial charge in [-0.15, -0.1) is 0 Å². The van der Waals surface area contributed by atoms with Crippen LogP contribution in [0.15, 0.2) is 64.2 Å². The first-order valence-corrected chi connectivity index (χ1v) is 12.0. The van der Waals surface area contributed by atoms with Crippen LogP contribution < -0.4 is 20.2 Å². The number of benzene rings is 3. The molecule has 2 N–H and O–H groups in total. The van der Waals surface area contributed by atoms with Gasteiger partial charge in [0.15, 0.2) is 18.1 Å². The molecule has 0 heterocycles. The Hall–Kier alpha value is -4.25. The summed E-state index contributed by atoms with van der Waals surface area (Å²) >= 11 is 3.44. The van der Waals surface area contributed by atoms with Crippen LogP contribution >= 0.6 is 15.9 Å². The van der Waals surface area contributed by atoms with Crippen LogP contribution in [-0.4, -0.2) is 36.2 Å². The van der Waals surface area contributed by atoms with Gasteiger partial charge in [-0.05, 0) is 78.2 Å². The number of hydrogen-bond donors (Lipinski definition) is 2. The number of nitrogens with zero attached hydrogens (tertiary/aromatic N) is 2. The molecule has 0 unspecified atom stereocenters. The summed E-state index contributed by atoms with van der Waals surface area (Å²) in [7, 11) is 0. The van der Waals surface area contributed by atoms with E-state index in [2.05, 4.69) is 31.8 Å². The zero-order valence-electron chi connectivity index (χ0n) is 20.4. The Kier molecular flexibility index (Phi) is 9.33. The highest BCUT2D eigenvalue weighted by Crippen LogP contribution is 2.36. The number of nitro groups is 1. The number of hydrazone groups is 1. The van der Waals surface area contributed by atoms with Gasteiger partial charge in [0.1, 0.15) is 0 Å². The van der Waals surface area contributed by atoms with Gasteiger partial charge in [0.25, 0.3) is 17.5 Å². The number of nitro benzene ring substituents is 1. The molecule has 10 nitrogen and oxygen atoms in total. The third-order valence-corrected chi connectivity index (χ3v) is 5.64. The molecule has 192 valence electrons. The van der Waals surface area contributed by atoms with Gasteiger partial charge in [0.2, 0.25) is 0 Å². The molecule has 37 heavy (non-hydrogen) atoms. The molecule has 0 aliphatic heterocycles. The molecular weight excluding hydrogens is 544 g/mol. The second-order valence-corrected chi connectivity index (χ2v) is 8.78. The number of rotatable bonds is 10. The van der Waals surface area contributed by atoms with Crippen LogP contribution in [0, 0.1) is 24.0 Å². The SMILES string of the molecule is CCOc1cc(/C=N/NC(=O)c2ccc([N+](=O)[O-])cc2)cc(Br)c1OCC(=O)Nc1ccc(C)cc1C. The smallest absolute Gasteiger partial charge is 0.271 e. The highest BCUT2D eigenvalue weighted by molar-refractivity contribution is 9.10. The molecule has 0 fully saturated rings. The van der Waals surface area contributed by atoms with E-state index in [4.69, 9.17) is 9.47 Å². The normalized spacial score (nSPS) is 10.7.